The molecule has 1 N–H and O–H groups in total. The van der Waals surface area contributed by atoms with Gasteiger partial charge >= 0.3 is 5.97 Å². The maximum Gasteiger partial charge on any atom is 0.303 e. The molecule has 0 radical (unpaired) electrons. The average Bonchev–Trinajstić information content (AvgIpc) is 2.06. The zero-order valence-electron chi connectivity index (χ0n) is 7.65. The van der Waals surface area contributed by atoms with Crippen LogP contribution >= 0.6 is 0 Å². The van der Waals surface area contributed by atoms with Crippen molar-refractivity contribution in [1.29, 1.82) is 0 Å². The summed E-state index contributed by atoms with van der Waals surface area (Å²) in [5, 5.41) is 8.39. The zero-order chi connectivity index (χ0) is 10.8. The first kappa shape index (κ1) is 11.4. The fourth-order valence-electron chi connectivity index (χ4n) is 1.61. The van der Waals surface area contributed by atoms with Gasteiger partial charge in [0.1, 0.15) is 6.17 Å². The van der Waals surface area contributed by atoms with Gasteiger partial charge in [-0.3, -0.25) is 4.79 Å². The van der Waals surface area contributed by atoms with Gasteiger partial charge in [-0.15, -0.1) is 0 Å². The van der Waals surface area contributed by atoms with E-state index < -0.39 is 27.9 Å². The van der Waals surface area contributed by atoms with E-state index in [0.29, 0.717) is 0 Å². The number of alkyl halides is 1. The summed E-state index contributed by atoms with van der Waals surface area (Å²) in [6, 6.07) is 0. The first-order valence-electron chi connectivity index (χ1n) is 4.47. The summed E-state index contributed by atoms with van der Waals surface area (Å²) < 4.78 is 35.5. The summed E-state index contributed by atoms with van der Waals surface area (Å²) in [6.07, 6.45) is -1.22. The van der Waals surface area contributed by atoms with Crippen LogP contribution < -0.4 is 0 Å². The van der Waals surface area contributed by atoms with E-state index in [4.69, 9.17) is 5.11 Å². The topological polar surface area (TPSA) is 71.4 Å². The Bertz CT molecular complexity index is 311. The number of aliphatic carboxylic acids is 1. The van der Waals surface area contributed by atoms with Gasteiger partial charge in [-0.2, -0.15) is 0 Å². The third kappa shape index (κ3) is 3.25. The molecule has 4 nitrogen and oxygen atoms in total. The molecule has 14 heavy (non-hydrogen) atoms. The van der Waals surface area contributed by atoms with Crippen LogP contribution in [0.15, 0.2) is 0 Å². The predicted octanol–water partition coefficient (Wildman–Crippen LogP) is 0.624. The highest BCUT2D eigenvalue weighted by Crippen LogP contribution is 2.25. The van der Waals surface area contributed by atoms with E-state index in [1.807, 2.05) is 0 Å². The van der Waals surface area contributed by atoms with E-state index in [-0.39, 0.29) is 30.8 Å². The molecule has 0 spiro atoms. The molecule has 0 aliphatic carbocycles. The number of hydrogen-bond donors (Lipinski definition) is 1. The van der Waals surface area contributed by atoms with E-state index in [0.717, 1.165) is 0 Å². The second kappa shape index (κ2) is 4.25. The van der Waals surface area contributed by atoms with Gasteiger partial charge < -0.3 is 5.11 Å². The third-order valence-electron chi connectivity index (χ3n) is 2.41. The van der Waals surface area contributed by atoms with Crippen LogP contribution in [-0.4, -0.2) is 37.2 Å². The number of carboxylic acids is 1. The molecule has 0 saturated carbocycles. The second-order valence-electron chi connectivity index (χ2n) is 3.61. The molecule has 0 aromatic heterocycles. The quantitative estimate of drug-likeness (QED) is 0.763. The highest BCUT2D eigenvalue weighted by atomic mass is 32.2. The first-order valence-corrected chi connectivity index (χ1v) is 6.29. The molecular formula is C8H13FO4S. The number of halogens is 1. The lowest BCUT2D eigenvalue weighted by molar-refractivity contribution is -0.137. The Balaban J connectivity index is 2.53. The molecule has 0 aromatic carbocycles. The Labute approximate surface area is 82.0 Å². The van der Waals surface area contributed by atoms with Gasteiger partial charge in [0, 0.05) is 12.3 Å². The maximum atomic E-state index is 13.2. The van der Waals surface area contributed by atoms with Crippen molar-refractivity contribution in [2.75, 3.05) is 11.5 Å². The predicted molar refractivity (Wildman–Crippen MR) is 48.5 cm³/mol. The Kier molecular flexibility index (Phi) is 3.47. The Morgan fingerprint density at radius 2 is 2.14 bits per heavy atom. The fraction of sp³-hybridized carbons (Fsp3) is 0.875. The van der Waals surface area contributed by atoms with Crippen LogP contribution in [0.25, 0.3) is 0 Å². The lowest BCUT2D eigenvalue weighted by atomic mass is 9.98. The SMILES string of the molecule is O=C(O)CC[C@@H]1CS(=O)(=O)CC[C@H]1F. The summed E-state index contributed by atoms with van der Waals surface area (Å²) in [7, 11) is -3.15. The standard InChI is InChI=1S/C8H13FO4S/c9-7-3-4-14(12,13)5-6(7)1-2-8(10)11/h6-7H,1-5H2,(H,10,11)/t6-,7-/m1/s1. The number of rotatable bonds is 3. The van der Waals surface area contributed by atoms with Crippen molar-refractivity contribution in [3.63, 3.8) is 0 Å². The molecule has 6 heteroatoms. The lowest BCUT2D eigenvalue weighted by Gasteiger charge is -2.25. The first-order chi connectivity index (χ1) is 6.41. The molecule has 1 heterocycles. The number of carboxylic acid groups (broad SMARTS) is 1. The van der Waals surface area contributed by atoms with E-state index in [2.05, 4.69) is 0 Å². The minimum absolute atomic E-state index is 0.00657. The molecular weight excluding hydrogens is 211 g/mol. The van der Waals surface area contributed by atoms with Crippen molar-refractivity contribution in [2.45, 2.75) is 25.4 Å². The van der Waals surface area contributed by atoms with Crippen LogP contribution in [0.4, 0.5) is 4.39 Å². The monoisotopic (exact) mass is 224 g/mol. The number of hydrogen-bond acceptors (Lipinski definition) is 3. The van der Waals surface area contributed by atoms with E-state index in [9.17, 15) is 17.6 Å². The lowest BCUT2D eigenvalue weighted by Crippen LogP contribution is -2.34. The average molecular weight is 224 g/mol. The van der Waals surface area contributed by atoms with Gasteiger partial charge in [-0.1, -0.05) is 0 Å². The molecule has 0 amide bonds. The van der Waals surface area contributed by atoms with Crippen LogP contribution in [-0.2, 0) is 14.6 Å². The maximum absolute atomic E-state index is 13.2. The fourth-order valence-corrected chi connectivity index (χ4v) is 3.39. The van der Waals surface area contributed by atoms with Crippen LogP contribution in [0.3, 0.4) is 0 Å². The van der Waals surface area contributed by atoms with E-state index in [1.54, 1.807) is 0 Å². The molecule has 1 aliphatic rings. The molecule has 0 bridgehead atoms. The van der Waals surface area contributed by atoms with Crippen molar-refractivity contribution < 1.29 is 22.7 Å². The minimum atomic E-state index is -3.15. The Hall–Kier alpha value is -0.650. The summed E-state index contributed by atoms with van der Waals surface area (Å²) in [4.78, 5) is 10.2. The molecule has 1 fully saturated rings. The summed E-state index contributed by atoms with van der Waals surface area (Å²) in [5.41, 5.74) is 0. The molecule has 1 saturated heterocycles. The Morgan fingerprint density at radius 3 is 2.71 bits per heavy atom. The van der Waals surface area contributed by atoms with Crippen molar-refractivity contribution in [3.05, 3.63) is 0 Å². The summed E-state index contributed by atoms with van der Waals surface area (Å²) in [6.45, 7) is 0. The highest BCUT2D eigenvalue weighted by Gasteiger charge is 2.33. The summed E-state index contributed by atoms with van der Waals surface area (Å²) in [5.74, 6) is -1.97. The van der Waals surface area contributed by atoms with Crippen LogP contribution in [0.5, 0.6) is 0 Å². The van der Waals surface area contributed by atoms with Crippen molar-refractivity contribution in [3.8, 4) is 0 Å². The second-order valence-corrected chi connectivity index (χ2v) is 5.84. The molecule has 0 unspecified atom stereocenters. The van der Waals surface area contributed by atoms with Crippen LogP contribution in [0.1, 0.15) is 19.3 Å². The molecule has 1 rings (SSSR count). The molecule has 82 valence electrons. The van der Waals surface area contributed by atoms with Crippen LogP contribution in [0, 0.1) is 5.92 Å². The van der Waals surface area contributed by atoms with Gasteiger partial charge in [0.25, 0.3) is 0 Å². The normalized spacial score (nSPS) is 31.2. The van der Waals surface area contributed by atoms with Gasteiger partial charge in [0.05, 0.1) is 11.5 Å². The smallest absolute Gasteiger partial charge is 0.303 e. The van der Waals surface area contributed by atoms with Gasteiger partial charge in [0.2, 0.25) is 0 Å². The zero-order valence-corrected chi connectivity index (χ0v) is 8.46. The highest BCUT2D eigenvalue weighted by molar-refractivity contribution is 7.91. The largest absolute Gasteiger partial charge is 0.481 e. The van der Waals surface area contributed by atoms with E-state index >= 15 is 0 Å². The van der Waals surface area contributed by atoms with Crippen molar-refractivity contribution in [2.24, 2.45) is 5.92 Å². The van der Waals surface area contributed by atoms with E-state index in [1.165, 1.54) is 0 Å². The summed E-state index contributed by atoms with van der Waals surface area (Å²) >= 11 is 0. The van der Waals surface area contributed by atoms with Crippen molar-refractivity contribution >= 4 is 15.8 Å². The Morgan fingerprint density at radius 1 is 1.50 bits per heavy atom. The number of sulfone groups is 1. The molecule has 0 aromatic rings. The number of carbonyl (C=O) groups is 1. The van der Waals surface area contributed by atoms with Crippen molar-refractivity contribution in [1.82, 2.24) is 0 Å². The minimum Gasteiger partial charge on any atom is -0.481 e. The van der Waals surface area contributed by atoms with Gasteiger partial charge in [0.15, 0.2) is 9.84 Å². The van der Waals surface area contributed by atoms with Crippen LogP contribution in [0.2, 0.25) is 0 Å². The van der Waals surface area contributed by atoms with Gasteiger partial charge in [-0.25, -0.2) is 12.8 Å². The van der Waals surface area contributed by atoms with Gasteiger partial charge in [-0.05, 0) is 12.8 Å². The third-order valence-corrected chi connectivity index (χ3v) is 4.21. The molecule has 1 aliphatic heterocycles. The molecule has 2 atom stereocenters.